The molecule has 0 spiro atoms. The molecule has 1 heterocycles. The van der Waals surface area contributed by atoms with Gasteiger partial charge in [-0.3, -0.25) is 9.59 Å². The van der Waals surface area contributed by atoms with Gasteiger partial charge in [-0.1, -0.05) is 60.7 Å². The lowest BCUT2D eigenvalue weighted by molar-refractivity contribution is -0.139. The number of methoxy groups -OCH3 is 1. The summed E-state index contributed by atoms with van der Waals surface area (Å²) in [6, 6.07) is 24.7. The van der Waals surface area contributed by atoms with Crippen LogP contribution in [0.3, 0.4) is 0 Å². The van der Waals surface area contributed by atoms with Gasteiger partial charge in [-0.15, -0.1) is 0 Å². The molecule has 168 valence electrons. The standard InChI is InChI=1S/C26H26N4O3/c1-17(18-9-4-3-5-10-18)27-25(31)26(32)30-29-24-16-23(19-11-8-12-20(15-19)33-2)28-22-14-7-6-13-21(22)24/h3-15,17,23,28H,16H2,1-2H3,(H,27,31)(H,30,32)/b29-24+/t17?,23-/m1/s1. The van der Waals surface area contributed by atoms with Crippen molar-refractivity contribution < 1.29 is 14.3 Å². The Bertz CT molecular complexity index is 1180. The van der Waals surface area contributed by atoms with E-state index in [0.29, 0.717) is 12.1 Å². The molecule has 0 aliphatic carbocycles. The second-order valence-corrected chi connectivity index (χ2v) is 7.83. The van der Waals surface area contributed by atoms with Crippen LogP contribution < -0.4 is 20.8 Å². The number of carbonyl (C=O) groups excluding carboxylic acids is 2. The van der Waals surface area contributed by atoms with E-state index in [1.807, 2.05) is 85.8 Å². The minimum Gasteiger partial charge on any atom is -0.497 e. The molecular formula is C26H26N4O3. The molecule has 4 rings (SSSR count). The summed E-state index contributed by atoms with van der Waals surface area (Å²) < 4.78 is 5.35. The maximum absolute atomic E-state index is 12.4. The Hall–Kier alpha value is -4.13. The Labute approximate surface area is 192 Å². The summed E-state index contributed by atoms with van der Waals surface area (Å²) in [5.74, 6) is -0.773. The number of hydrogen-bond donors (Lipinski definition) is 3. The van der Waals surface area contributed by atoms with Crippen molar-refractivity contribution in [3.05, 3.63) is 95.6 Å². The van der Waals surface area contributed by atoms with Gasteiger partial charge >= 0.3 is 11.8 Å². The molecule has 2 atom stereocenters. The quantitative estimate of drug-likeness (QED) is 0.412. The molecule has 0 aromatic heterocycles. The zero-order valence-corrected chi connectivity index (χ0v) is 18.5. The normalized spacial score (nSPS) is 16.8. The molecule has 1 aliphatic rings. The molecule has 0 bridgehead atoms. The first kappa shape index (κ1) is 22.1. The number of para-hydroxylation sites is 1. The van der Waals surface area contributed by atoms with Crippen LogP contribution in [0, 0.1) is 0 Å². The fourth-order valence-corrected chi connectivity index (χ4v) is 3.82. The van der Waals surface area contributed by atoms with E-state index in [2.05, 4.69) is 21.2 Å². The summed E-state index contributed by atoms with van der Waals surface area (Å²) in [7, 11) is 1.63. The van der Waals surface area contributed by atoms with Crippen LogP contribution in [0.4, 0.5) is 5.69 Å². The number of amides is 2. The first-order valence-electron chi connectivity index (χ1n) is 10.8. The minimum absolute atomic E-state index is 0.0578. The Balaban J connectivity index is 1.49. The molecule has 0 saturated carbocycles. The van der Waals surface area contributed by atoms with Gasteiger partial charge in [0.05, 0.1) is 24.9 Å². The molecule has 1 aliphatic heterocycles. The second-order valence-electron chi connectivity index (χ2n) is 7.83. The van der Waals surface area contributed by atoms with E-state index in [-0.39, 0.29) is 12.1 Å². The number of nitrogens with one attached hydrogen (secondary N) is 3. The van der Waals surface area contributed by atoms with Gasteiger partial charge in [0, 0.05) is 17.7 Å². The van der Waals surface area contributed by atoms with Crippen LogP contribution in [0.1, 0.15) is 42.1 Å². The predicted molar refractivity (Wildman–Crippen MR) is 128 cm³/mol. The van der Waals surface area contributed by atoms with Gasteiger partial charge in [0.1, 0.15) is 5.75 Å². The molecule has 7 nitrogen and oxygen atoms in total. The summed E-state index contributed by atoms with van der Waals surface area (Å²) in [4.78, 5) is 24.8. The highest BCUT2D eigenvalue weighted by atomic mass is 16.5. The van der Waals surface area contributed by atoms with Crippen molar-refractivity contribution in [2.24, 2.45) is 5.10 Å². The van der Waals surface area contributed by atoms with Gasteiger partial charge in [-0.05, 0) is 36.2 Å². The smallest absolute Gasteiger partial charge is 0.329 e. The van der Waals surface area contributed by atoms with E-state index in [1.54, 1.807) is 7.11 Å². The van der Waals surface area contributed by atoms with Crippen LogP contribution >= 0.6 is 0 Å². The third-order valence-electron chi connectivity index (χ3n) is 5.61. The van der Waals surface area contributed by atoms with Crippen molar-refractivity contribution in [2.75, 3.05) is 12.4 Å². The Morgan fingerprint density at radius 3 is 2.55 bits per heavy atom. The van der Waals surface area contributed by atoms with Crippen LogP contribution in [0.15, 0.2) is 84.0 Å². The van der Waals surface area contributed by atoms with E-state index in [9.17, 15) is 9.59 Å². The number of ether oxygens (including phenoxy) is 1. The van der Waals surface area contributed by atoms with E-state index >= 15 is 0 Å². The lowest BCUT2D eigenvalue weighted by atomic mass is 9.92. The number of fused-ring (bicyclic) bond motifs is 1. The SMILES string of the molecule is COc1cccc([C@H]2C/C(=N\NC(=O)C(=O)NC(C)c3ccccc3)c3ccccc3N2)c1. The van der Waals surface area contributed by atoms with E-state index in [4.69, 9.17) is 4.74 Å². The van der Waals surface area contributed by atoms with Gasteiger partial charge in [0.15, 0.2) is 0 Å². The highest BCUT2D eigenvalue weighted by Gasteiger charge is 2.25. The predicted octanol–water partition coefficient (Wildman–Crippen LogP) is 3.95. The van der Waals surface area contributed by atoms with Crippen molar-refractivity contribution in [3.63, 3.8) is 0 Å². The third-order valence-corrected chi connectivity index (χ3v) is 5.61. The summed E-state index contributed by atoms with van der Waals surface area (Å²) in [6.45, 7) is 1.83. The molecule has 3 aromatic rings. The van der Waals surface area contributed by atoms with Crippen LogP contribution in [0.5, 0.6) is 5.75 Å². The number of rotatable bonds is 5. The lowest BCUT2D eigenvalue weighted by Gasteiger charge is -2.28. The molecule has 7 heteroatoms. The first-order chi connectivity index (χ1) is 16.0. The molecule has 0 saturated heterocycles. The van der Waals surface area contributed by atoms with Gasteiger partial charge < -0.3 is 15.4 Å². The Morgan fingerprint density at radius 2 is 1.76 bits per heavy atom. The number of hydrazone groups is 1. The van der Waals surface area contributed by atoms with Gasteiger partial charge in [0.2, 0.25) is 0 Å². The molecule has 33 heavy (non-hydrogen) atoms. The Kier molecular flexibility index (Phi) is 6.69. The summed E-state index contributed by atoms with van der Waals surface area (Å²) in [6.07, 6.45) is 0.534. The van der Waals surface area contributed by atoms with Gasteiger partial charge in [-0.25, -0.2) is 5.43 Å². The third kappa shape index (κ3) is 5.20. The first-order valence-corrected chi connectivity index (χ1v) is 10.8. The molecule has 3 aromatic carbocycles. The second kappa shape index (κ2) is 9.99. The topological polar surface area (TPSA) is 91.8 Å². The zero-order valence-electron chi connectivity index (χ0n) is 18.5. The van der Waals surface area contributed by atoms with Crippen LogP contribution in [-0.2, 0) is 9.59 Å². The summed E-state index contributed by atoms with van der Waals surface area (Å²) >= 11 is 0. The average molecular weight is 443 g/mol. The molecule has 3 N–H and O–H groups in total. The number of hydrogen-bond acceptors (Lipinski definition) is 5. The number of anilines is 1. The van der Waals surface area contributed by atoms with Crippen LogP contribution in [0.25, 0.3) is 0 Å². The highest BCUT2D eigenvalue weighted by Crippen LogP contribution is 2.33. The fraction of sp³-hybridized carbons (Fsp3) is 0.192. The molecule has 1 unspecified atom stereocenters. The average Bonchev–Trinajstić information content (AvgIpc) is 2.87. The molecule has 0 radical (unpaired) electrons. The van der Waals surface area contributed by atoms with Crippen molar-refractivity contribution in [1.82, 2.24) is 10.7 Å². The van der Waals surface area contributed by atoms with E-state index in [1.165, 1.54) is 0 Å². The monoisotopic (exact) mass is 442 g/mol. The van der Waals surface area contributed by atoms with Crippen molar-refractivity contribution in [3.8, 4) is 5.75 Å². The highest BCUT2D eigenvalue weighted by molar-refractivity contribution is 6.35. The fourth-order valence-electron chi connectivity index (χ4n) is 3.82. The zero-order chi connectivity index (χ0) is 23.2. The molecule has 0 fully saturated rings. The lowest BCUT2D eigenvalue weighted by Crippen LogP contribution is -2.39. The molecular weight excluding hydrogens is 416 g/mol. The van der Waals surface area contributed by atoms with Crippen LogP contribution in [-0.4, -0.2) is 24.6 Å². The number of nitrogens with zero attached hydrogens (tertiary/aromatic N) is 1. The Morgan fingerprint density at radius 1 is 1.00 bits per heavy atom. The maximum atomic E-state index is 12.4. The van der Waals surface area contributed by atoms with E-state index < -0.39 is 11.8 Å². The van der Waals surface area contributed by atoms with Crippen molar-refractivity contribution >= 4 is 23.2 Å². The van der Waals surface area contributed by atoms with Crippen molar-refractivity contribution in [1.29, 1.82) is 0 Å². The maximum Gasteiger partial charge on any atom is 0.329 e. The van der Waals surface area contributed by atoms with Gasteiger partial charge in [-0.2, -0.15) is 5.10 Å². The van der Waals surface area contributed by atoms with Crippen LogP contribution in [0.2, 0.25) is 0 Å². The van der Waals surface area contributed by atoms with E-state index in [0.717, 1.165) is 28.1 Å². The number of carbonyl (C=O) groups is 2. The summed E-state index contributed by atoms with van der Waals surface area (Å²) in [5.41, 5.74) is 6.87. The van der Waals surface area contributed by atoms with Crippen molar-refractivity contribution in [2.45, 2.75) is 25.4 Å². The summed E-state index contributed by atoms with van der Waals surface area (Å²) in [5, 5.41) is 10.6. The number of benzene rings is 3. The largest absolute Gasteiger partial charge is 0.497 e. The minimum atomic E-state index is -0.806. The molecule has 2 amide bonds. The van der Waals surface area contributed by atoms with Gasteiger partial charge in [0.25, 0.3) is 0 Å².